The quantitative estimate of drug-likeness (QED) is 0.681. The molecule has 1 aliphatic rings. The number of carbonyl (C=O) groups excluding carboxylic acids is 1. The maximum atomic E-state index is 12.1. The Bertz CT molecular complexity index is 487. The molecule has 20 heavy (non-hydrogen) atoms. The average molecular weight is 276 g/mol. The van der Waals surface area contributed by atoms with Gasteiger partial charge in [0.05, 0.1) is 17.9 Å². The summed E-state index contributed by atoms with van der Waals surface area (Å²) in [5.74, 6) is 0.346. The number of benzene rings is 1. The van der Waals surface area contributed by atoms with Crippen molar-refractivity contribution in [3.8, 4) is 0 Å². The highest BCUT2D eigenvalue weighted by Crippen LogP contribution is 2.31. The summed E-state index contributed by atoms with van der Waals surface area (Å²) in [5.41, 5.74) is 7.94. The van der Waals surface area contributed by atoms with E-state index in [-0.39, 0.29) is 5.97 Å². The first-order chi connectivity index (χ1) is 9.52. The third kappa shape index (κ3) is 3.06. The highest BCUT2D eigenvalue weighted by molar-refractivity contribution is 5.97. The van der Waals surface area contributed by atoms with Crippen LogP contribution in [0.3, 0.4) is 0 Å². The Morgan fingerprint density at radius 2 is 2.15 bits per heavy atom. The van der Waals surface area contributed by atoms with Crippen LogP contribution in [-0.2, 0) is 4.74 Å². The van der Waals surface area contributed by atoms with Crippen molar-refractivity contribution in [2.24, 2.45) is 5.92 Å². The molecule has 1 aromatic rings. The summed E-state index contributed by atoms with van der Waals surface area (Å²) in [6.45, 7) is 7.61. The summed E-state index contributed by atoms with van der Waals surface area (Å²) in [6.07, 6.45) is 2.38. The number of nitrogens with zero attached hydrogens (tertiary/aromatic N) is 1. The van der Waals surface area contributed by atoms with Crippen LogP contribution >= 0.6 is 0 Å². The lowest BCUT2D eigenvalue weighted by molar-refractivity contribution is 0.0527. The summed E-state index contributed by atoms with van der Waals surface area (Å²) in [7, 11) is 0. The van der Waals surface area contributed by atoms with E-state index < -0.39 is 0 Å². The van der Waals surface area contributed by atoms with Crippen molar-refractivity contribution >= 4 is 17.3 Å². The SMILES string of the molecule is CCOC(=O)c1cc(N)ccc1N1CC(C)CCC1C. The predicted octanol–water partition coefficient (Wildman–Crippen LogP) is 3.07. The number of nitrogen functional groups attached to an aromatic ring is 1. The van der Waals surface area contributed by atoms with Crippen LogP contribution in [0.5, 0.6) is 0 Å². The number of hydrogen-bond donors (Lipinski definition) is 1. The standard InChI is InChI=1S/C16H24N2O2/c1-4-20-16(19)14-9-13(17)7-8-15(14)18-10-11(2)5-6-12(18)3/h7-9,11-12H,4-6,10,17H2,1-3H3. The number of piperidine rings is 1. The van der Waals surface area contributed by atoms with Crippen molar-refractivity contribution in [2.75, 3.05) is 23.8 Å². The van der Waals surface area contributed by atoms with E-state index in [0.717, 1.165) is 18.7 Å². The van der Waals surface area contributed by atoms with Gasteiger partial charge in [-0.05, 0) is 50.8 Å². The lowest BCUT2D eigenvalue weighted by atomic mass is 9.93. The van der Waals surface area contributed by atoms with Crippen LogP contribution in [0.25, 0.3) is 0 Å². The summed E-state index contributed by atoms with van der Waals surface area (Å²) >= 11 is 0. The van der Waals surface area contributed by atoms with Crippen molar-refractivity contribution < 1.29 is 9.53 Å². The van der Waals surface area contributed by atoms with Gasteiger partial charge < -0.3 is 15.4 Å². The number of ether oxygens (including phenoxy) is 1. The molecular formula is C16H24N2O2. The van der Waals surface area contributed by atoms with Crippen molar-refractivity contribution in [3.63, 3.8) is 0 Å². The molecule has 2 atom stereocenters. The van der Waals surface area contributed by atoms with Gasteiger partial charge in [0, 0.05) is 18.3 Å². The molecule has 0 amide bonds. The van der Waals surface area contributed by atoms with E-state index in [0.29, 0.717) is 29.8 Å². The largest absolute Gasteiger partial charge is 0.462 e. The second-order valence-corrected chi connectivity index (χ2v) is 5.68. The average Bonchev–Trinajstić information content (AvgIpc) is 2.42. The van der Waals surface area contributed by atoms with Gasteiger partial charge in [0.25, 0.3) is 0 Å². The second-order valence-electron chi connectivity index (χ2n) is 5.68. The lowest BCUT2D eigenvalue weighted by Crippen LogP contribution is -2.41. The van der Waals surface area contributed by atoms with Crippen molar-refractivity contribution in [1.29, 1.82) is 0 Å². The van der Waals surface area contributed by atoms with Gasteiger partial charge >= 0.3 is 5.97 Å². The topological polar surface area (TPSA) is 55.6 Å². The molecule has 0 spiro atoms. The fraction of sp³-hybridized carbons (Fsp3) is 0.562. The van der Waals surface area contributed by atoms with Crippen LogP contribution in [0.1, 0.15) is 44.0 Å². The van der Waals surface area contributed by atoms with E-state index in [1.807, 2.05) is 19.1 Å². The normalized spacial score (nSPS) is 22.6. The van der Waals surface area contributed by atoms with Gasteiger partial charge in [-0.15, -0.1) is 0 Å². The maximum absolute atomic E-state index is 12.1. The zero-order valence-electron chi connectivity index (χ0n) is 12.6. The van der Waals surface area contributed by atoms with E-state index in [2.05, 4.69) is 18.7 Å². The summed E-state index contributed by atoms with van der Waals surface area (Å²) in [6, 6.07) is 5.95. The molecule has 4 heteroatoms. The number of nitrogens with two attached hydrogens (primary N) is 1. The second kappa shape index (κ2) is 6.16. The van der Waals surface area contributed by atoms with Crippen LogP contribution in [0.2, 0.25) is 0 Å². The molecule has 0 aromatic heterocycles. The van der Waals surface area contributed by atoms with E-state index in [9.17, 15) is 4.79 Å². The lowest BCUT2D eigenvalue weighted by Gasteiger charge is -2.39. The molecular weight excluding hydrogens is 252 g/mol. The Morgan fingerprint density at radius 1 is 1.40 bits per heavy atom. The zero-order valence-corrected chi connectivity index (χ0v) is 12.6. The number of anilines is 2. The summed E-state index contributed by atoms with van der Waals surface area (Å²) < 4.78 is 5.16. The van der Waals surface area contributed by atoms with Gasteiger partial charge in [0.15, 0.2) is 0 Å². The maximum Gasteiger partial charge on any atom is 0.340 e. The number of rotatable bonds is 3. The third-order valence-corrected chi connectivity index (χ3v) is 3.94. The highest BCUT2D eigenvalue weighted by atomic mass is 16.5. The molecule has 0 saturated carbocycles. The monoisotopic (exact) mass is 276 g/mol. The minimum Gasteiger partial charge on any atom is -0.462 e. The van der Waals surface area contributed by atoms with Crippen LogP contribution < -0.4 is 10.6 Å². The van der Waals surface area contributed by atoms with E-state index in [4.69, 9.17) is 10.5 Å². The van der Waals surface area contributed by atoms with Crippen LogP contribution in [-0.4, -0.2) is 25.2 Å². The van der Waals surface area contributed by atoms with Gasteiger partial charge in [-0.3, -0.25) is 0 Å². The van der Waals surface area contributed by atoms with Gasteiger partial charge in [-0.2, -0.15) is 0 Å². The predicted molar refractivity (Wildman–Crippen MR) is 82.0 cm³/mol. The molecule has 2 rings (SSSR count). The van der Waals surface area contributed by atoms with Gasteiger partial charge in [0.2, 0.25) is 0 Å². The van der Waals surface area contributed by atoms with Crippen molar-refractivity contribution in [3.05, 3.63) is 23.8 Å². The van der Waals surface area contributed by atoms with Crippen molar-refractivity contribution in [2.45, 2.75) is 39.7 Å². The summed E-state index contributed by atoms with van der Waals surface area (Å²) in [5, 5.41) is 0. The molecule has 2 N–H and O–H groups in total. The Kier molecular flexibility index (Phi) is 4.53. The Balaban J connectivity index is 2.37. The van der Waals surface area contributed by atoms with E-state index >= 15 is 0 Å². The van der Waals surface area contributed by atoms with Gasteiger partial charge in [0.1, 0.15) is 0 Å². The number of carbonyl (C=O) groups is 1. The van der Waals surface area contributed by atoms with E-state index in [1.165, 1.54) is 6.42 Å². The van der Waals surface area contributed by atoms with E-state index in [1.54, 1.807) is 6.07 Å². The van der Waals surface area contributed by atoms with Crippen molar-refractivity contribution in [1.82, 2.24) is 0 Å². The molecule has 2 unspecified atom stereocenters. The Hall–Kier alpha value is -1.71. The number of hydrogen-bond acceptors (Lipinski definition) is 4. The summed E-state index contributed by atoms with van der Waals surface area (Å²) in [4.78, 5) is 14.4. The molecule has 0 aliphatic carbocycles. The Labute approximate surface area is 120 Å². The first kappa shape index (κ1) is 14.7. The molecule has 0 radical (unpaired) electrons. The fourth-order valence-corrected chi connectivity index (χ4v) is 2.80. The third-order valence-electron chi connectivity index (χ3n) is 3.94. The van der Waals surface area contributed by atoms with Crippen LogP contribution in [0.15, 0.2) is 18.2 Å². The fourth-order valence-electron chi connectivity index (χ4n) is 2.80. The number of esters is 1. The molecule has 1 heterocycles. The molecule has 0 bridgehead atoms. The molecule has 1 aliphatic heterocycles. The minimum atomic E-state index is -0.291. The first-order valence-corrected chi connectivity index (χ1v) is 7.36. The molecule has 1 aromatic carbocycles. The molecule has 4 nitrogen and oxygen atoms in total. The smallest absolute Gasteiger partial charge is 0.340 e. The first-order valence-electron chi connectivity index (χ1n) is 7.36. The molecule has 1 saturated heterocycles. The van der Waals surface area contributed by atoms with Gasteiger partial charge in [-0.1, -0.05) is 6.92 Å². The molecule has 110 valence electrons. The van der Waals surface area contributed by atoms with Crippen LogP contribution in [0, 0.1) is 5.92 Å². The highest BCUT2D eigenvalue weighted by Gasteiger charge is 2.26. The van der Waals surface area contributed by atoms with Crippen LogP contribution in [0.4, 0.5) is 11.4 Å². The molecule has 1 fully saturated rings. The minimum absolute atomic E-state index is 0.291. The van der Waals surface area contributed by atoms with Gasteiger partial charge in [-0.25, -0.2) is 4.79 Å². The Morgan fingerprint density at radius 3 is 2.85 bits per heavy atom. The zero-order chi connectivity index (χ0) is 14.7.